The fourth-order valence-corrected chi connectivity index (χ4v) is 4.62. The molecule has 0 spiro atoms. The van der Waals surface area contributed by atoms with E-state index in [-0.39, 0.29) is 29.1 Å². The lowest BCUT2D eigenvalue weighted by atomic mass is 10.1. The largest absolute Gasteiger partial charge is 0.424 e. The van der Waals surface area contributed by atoms with Crippen LogP contribution >= 0.6 is 0 Å². The summed E-state index contributed by atoms with van der Waals surface area (Å²) in [5, 5.41) is 10.6. The fourth-order valence-electron chi connectivity index (χ4n) is 4.62. The maximum Gasteiger partial charge on any atom is 0.419 e. The lowest BCUT2D eigenvalue weighted by Crippen LogP contribution is -2.39. The van der Waals surface area contributed by atoms with Gasteiger partial charge in [0.05, 0.1) is 11.1 Å². The summed E-state index contributed by atoms with van der Waals surface area (Å²) in [6, 6.07) is 8.26. The first-order valence-corrected chi connectivity index (χ1v) is 13.9. The van der Waals surface area contributed by atoms with Crippen LogP contribution < -0.4 is 10.6 Å². The zero-order chi connectivity index (χ0) is 30.1. The number of amides is 3. The van der Waals surface area contributed by atoms with Crippen molar-refractivity contribution < 1.29 is 28.7 Å². The molecule has 1 aromatic carbocycles. The maximum atomic E-state index is 13.7. The highest BCUT2D eigenvalue weighted by Crippen LogP contribution is 2.32. The molecule has 2 saturated carbocycles. The zero-order valence-corrected chi connectivity index (χ0v) is 23.6. The molecule has 0 atom stereocenters. The zero-order valence-electron chi connectivity index (χ0n) is 23.6. The molecule has 220 valence electrons. The lowest BCUT2D eigenvalue weighted by Gasteiger charge is -2.19. The molecule has 0 unspecified atom stereocenters. The van der Waals surface area contributed by atoms with Crippen molar-refractivity contribution in [3.8, 4) is 0 Å². The fraction of sp³-hybridized carbons (Fsp3) is 0.300. The number of carbonyl (C=O) groups excluding carboxylic acids is 4. The van der Waals surface area contributed by atoms with E-state index < -0.39 is 24.8 Å². The standard InChI is InChI=1S/C30H29N7O6/c1-17-3-4-20(27(38)34-21-5-6-21)13-24(17)35-26-25-18(2)23(14-36(25)33-15-32-26)28(39)37(22-7-8-22)30(41)43-16-42-29(40)19-9-11-31-12-10-19/h3-4,9-15,21-22H,5-8,16H2,1-2H3,(H,34,38)(H,32,33,35). The van der Waals surface area contributed by atoms with Gasteiger partial charge in [0.15, 0.2) is 5.82 Å². The molecule has 3 amide bonds. The first-order chi connectivity index (χ1) is 20.8. The van der Waals surface area contributed by atoms with Crippen LogP contribution in [0.5, 0.6) is 0 Å². The highest BCUT2D eigenvalue weighted by atomic mass is 16.7. The summed E-state index contributed by atoms with van der Waals surface area (Å²) in [4.78, 5) is 60.8. The van der Waals surface area contributed by atoms with E-state index >= 15 is 0 Å². The van der Waals surface area contributed by atoms with E-state index in [0.29, 0.717) is 41.0 Å². The van der Waals surface area contributed by atoms with Gasteiger partial charge in [-0.05, 0) is 74.9 Å². The molecule has 0 saturated heterocycles. The van der Waals surface area contributed by atoms with E-state index in [1.165, 1.54) is 35.4 Å². The number of benzene rings is 1. The number of aromatic nitrogens is 4. The summed E-state index contributed by atoms with van der Waals surface area (Å²) in [7, 11) is 0. The van der Waals surface area contributed by atoms with Gasteiger partial charge in [0, 0.05) is 41.9 Å². The Labute approximate surface area is 246 Å². The minimum atomic E-state index is -0.911. The molecule has 3 aromatic heterocycles. The molecule has 0 radical (unpaired) electrons. The van der Waals surface area contributed by atoms with Crippen LogP contribution in [0.3, 0.4) is 0 Å². The summed E-state index contributed by atoms with van der Waals surface area (Å²) in [5.74, 6) is -0.948. The van der Waals surface area contributed by atoms with Gasteiger partial charge in [0.25, 0.3) is 11.8 Å². The number of anilines is 2. The van der Waals surface area contributed by atoms with Gasteiger partial charge in [-0.15, -0.1) is 0 Å². The van der Waals surface area contributed by atoms with Crippen molar-refractivity contribution in [2.45, 2.75) is 51.6 Å². The number of ether oxygens (including phenoxy) is 2. The Kier molecular flexibility index (Phi) is 7.45. The molecule has 2 aliphatic rings. The lowest BCUT2D eigenvalue weighted by molar-refractivity contribution is -0.0110. The van der Waals surface area contributed by atoms with Crippen LogP contribution in [0.15, 0.2) is 55.2 Å². The first-order valence-electron chi connectivity index (χ1n) is 13.9. The van der Waals surface area contributed by atoms with E-state index in [2.05, 4.69) is 25.7 Å². The molecule has 13 heteroatoms. The van der Waals surface area contributed by atoms with Crippen molar-refractivity contribution in [1.29, 1.82) is 0 Å². The summed E-state index contributed by atoms with van der Waals surface area (Å²) >= 11 is 0. The van der Waals surface area contributed by atoms with E-state index in [9.17, 15) is 19.2 Å². The Hall–Kier alpha value is -5.33. The number of pyridine rings is 1. The Morgan fingerprint density at radius 1 is 1.00 bits per heavy atom. The predicted molar refractivity (Wildman–Crippen MR) is 153 cm³/mol. The Morgan fingerprint density at radius 3 is 2.49 bits per heavy atom. The second kappa shape index (κ2) is 11.5. The van der Waals surface area contributed by atoms with E-state index in [0.717, 1.165) is 23.3 Å². The number of hydrogen-bond acceptors (Lipinski definition) is 10. The molecule has 43 heavy (non-hydrogen) atoms. The highest BCUT2D eigenvalue weighted by molar-refractivity contribution is 6.06. The number of hydrogen-bond donors (Lipinski definition) is 2. The highest BCUT2D eigenvalue weighted by Gasteiger charge is 2.40. The Morgan fingerprint density at radius 2 is 1.77 bits per heavy atom. The average Bonchev–Trinajstić information content (AvgIpc) is 3.95. The quantitative estimate of drug-likeness (QED) is 0.218. The first kappa shape index (κ1) is 27.8. The predicted octanol–water partition coefficient (Wildman–Crippen LogP) is 3.93. The normalized spacial score (nSPS) is 14.2. The van der Waals surface area contributed by atoms with Crippen molar-refractivity contribution in [1.82, 2.24) is 29.8 Å². The van der Waals surface area contributed by atoms with Crippen molar-refractivity contribution in [3.63, 3.8) is 0 Å². The molecular weight excluding hydrogens is 554 g/mol. The number of nitrogens with one attached hydrogen (secondary N) is 2. The molecule has 2 aliphatic carbocycles. The third-order valence-electron chi connectivity index (χ3n) is 7.34. The molecule has 2 N–H and O–H groups in total. The van der Waals surface area contributed by atoms with E-state index in [1.807, 2.05) is 13.0 Å². The van der Waals surface area contributed by atoms with Gasteiger partial charge in [-0.3, -0.25) is 14.6 Å². The van der Waals surface area contributed by atoms with Gasteiger partial charge in [-0.1, -0.05) is 6.07 Å². The van der Waals surface area contributed by atoms with Crippen molar-refractivity contribution >= 4 is 40.9 Å². The number of rotatable bonds is 9. The van der Waals surface area contributed by atoms with Crippen molar-refractivity contribution in [2.24, 2.45) is 0 Å². The topological polar surface area (TPSA) is 157 Å². The summed E-state index contributed by atoms with van der Waals surface area (Å²) in [5.41, 5.74) is 3.69. The average molecular weight is 584 g/mol. The van der Waals surface area contributed by atoms with Gasteiger partial charge >= 0.3 is 12.1 Å². The number of fused-ring (bicyclic) bond motifs is 1. The van der Waals surface area contributed by atoms with Gasteiger partial charge in [-0.25, -0.2) is 24.0 Å². The smallest absolute Gasteiger partial charge is 0.419 e. The van der Waals surface area contributed by atoms with Crippen LogP contribution in [-0.4, -0.2) is 67.2 Å². The van der Waals surface area contributed by atoms with Gasteiger partial charge in [0.1, 0.15) is 11.8 Å². The van der Waals surface area contributed by atoms with Crippen LogP contribution in [0.4, 0.5) is 16.3 Å². The minimum Gasteiger partial charge on any atom is -0.424 e. The Balaban J connectivity index is 1.20. The summed E-state index contributed by atoms with van der Waals surface area (Å²) in [6.07, 6.45) is 8.13. The molecular formula is C30H29N7O6. The summed E-state index contributed by atoms with van der Waals surface area (Å²) < 4.78 is 11.7. The Bertz CT molecular complexity index is 1730. The van der Waals surface area contributed by atoms with Gasteiger partial charge in [-0.2, -0.15) is 5.10 Å². The molecule has 0 aliphatic heterocycles. The van der Waals surface area contributed by atoms with E-state index in [4.69, 9.17) is 9.47 Å². The van der Waals surface area contributed by atoms with Crippen LogP contribution in [0, 0.1) is 13.8 Å². The molecule has 13 nitrogen and oxygen atoms in total. The van der Waals surface area contributed by atoms with Gasteiger partial charge in [0.2, 0.25) is 6.79 Å². The molecule has 0 bridgehead atoms. The van der Waals surface area contributed by atoms with Crippen LogP contribution in [-0.2, 0) is 9.47 Å². The third kappa shape index (κ3) is 6.01. The number of carbonyl (C=O) groups is 4. The SMILES string of the molecule is Cc1ccc(C(=O)NC2CC2)cc1Nc1ncnn2cc(C(=O)N(C(=O)OCOC(=O)c3ccncc3)C3CC3)c(C)c12. The van der Waals surface area contributed by atoms with Crippen molar-refractivity contribution in [2.75, 3.05) is 12.1 Å². The van der Waals surface area contributed by atoms with Crippen LogP contribution in [0.25, 0.3) is 5.52 Å². The molecule has 2 fully saturated rings. The number of nitrogens with zero attached hydrogens (tertiary/aromatic N) is 5. The number of imide groups is 1. The monoisotopic (exact) mass is 583 g/mol. The number of aryl methyl sites for hydroxylation is 2. The second-order valence-electron chi connectivity index (χ2n) is 10.6. The maximum absolute atomic E-state index is 13.7. The molecule has 6 rings (SSSR count). The number of esters is 1. The van der Waals surface area contributed by atoms with Crippen LogP contribution in [0.2, 0.25) is 0 Å². The second-order valence-corrected chi connectivity index (χ2v) is 10.6. The van der Waals surface area contributed by atoms with Crippen molar-refractivity contribution in [3.05, 3.63) is 83.1 Å². The van der Waals surface area contributed by atoms with E-state index in [1.54, 1.807) is 25.3 Å². The molecule has 3 heterocycles. The van der Waals surface area contributed by atoms with Crippen LogP contribution in [0.1, 0.15) is 67.9 Å². The minimum absolute atomic E-state index is 0.135. The summed E-state index contributed by atoms with van der Waals surface area (Å²) in [6.45, 7) is 3.01. The molecule has 4 aromatic rings. The van der Waals surface area contributed by atoms with Gasteiger partial charge < -0.3 is 20.1 Å². The third-order valence-corrected chi connectivity index (χ3v) is 7.34.